The highest BCUT2D eigenvalue weighted by Crippen LogP contribution is 2.32. The van der Waals surface area contributed by atoms with Crippen molar-refractivity contribution in [3.8, 4) is 0 Å². The average molecular weight is 335 g/mol. The Kier molecular flexibility index (Phi) is 4.94. The van der Waals surface area contributed by atoms with Gasteiger partial charge in [0.25, 0.3) is 0 Å². The first-order valence-corrected chi connectivity index (χ1v) is 9.42. The lowest BCUT2D eigenvalue weighted by Gasteiger charge is -2.24. The summed E-state index contributed by atoms with van der Waals surface area (Å²) in [6.45, 7) is 1.70. The second-order valence-electron chi connectivity index (χ2n) is 6.00. The van der Waals surface area contributed by atoms with Crippen LogP contribution in [0.1, 0.15) is 36.3 Å². The number of hydrogen-bond donors (Lipinski definition) is 0. The van der Waals surface area contributed by atoms with Crippen molar-refractivity contribution in [1.29, 1.82) is 0 Å². The van der Waals surface area contributed by atoms with E-state index in [0.29, 0.717) is 50.8 Å². The third-order valence-electron chi connectivity index (χ3n) is 4.42. The number of nitrogens with zero attached hydrogens (tertiary/aromatic N) is 1. The molecule has 0 spiro atoms. The fourth-order valence-electron chi connectivity index (χ4n) is 3.03. The van der Waals surface area contributed by atoms with Crippen molar-refractivity contribution in [3.63, 3.8) is 0 Å². The van der Waals surface area contributed by atoms with Gasteiger partial charge in [-0.25, -0.2) is 8.42 Å². The summed E-state index contributed by atoms with van der Waals surface area (Å²) in [4.78, 5) is 11.4. The minimum absolute atomic E-state index is 0.317. The van der Waals surface area contributed by atoms with E-state index in [-0.39, 0.29) is 0 Å². The van der Waals surface area contributed by atoms with E-state index in [1.54, 1.807) is 6.08 Å². The Hall–Kier alpha value is -1.50. The molecule has 0 aromatic heterocycles. The summed E-state index contributed by atoms with van der Waals surface area (Å²) in [5.74, 6) is 0.646. The van der Waals surface area contributed by atoms with E-state index in [4.69, 9.17) is 4.74 Å². The number of Topliss-reactive ketones (excluding diaryl/α,β-unsaturated/α-hetero) is 1. The van der Waals surface area contributed by atoms with Gasteiger partial charge in [-0.3, -0.25) is 4.79 Å². The zero-order valence-corrected chi connectivity index (χ0v) is 13.8. The van der Waals surface area contributed by atoms with Gasteiger partial charge >= 0.3 is 0 Å². The monoisotopic (exact) mass is 335 g/mol. The number of benzene rings is 1. The van der Waals surface area contributed by atoms with Crippen LogP contribution < -0.4 is 0 Å². The molecule has 1 atom stereocenters. The van der Waals surface area contributed by atoms with Gasteiger partial charge in [0.15, 0.2) is 0 Å². The van der Waals surface area contributed by atoms with Crippen LogP contribution >= 0.6 is 0 Å². The smallest absolute Gasteiger partial charge is 0.236 e. The number of ketones is 1. The molecule has 0 unspecified atom stereocenters. The minimum atomic E-state index is -3.39. The molecule has 1 heterocycles. The van der Waals surface area contributed by atoms with Crippen LogP contribution in [0.3, 0.4) is 0 Å². The van der Waals surface area contributed by atoms with E-state index in [1.165, 1.54) is 9.71 Å². The normalized spacial score (nSPS) is 23.7. The molecule has 0 amide bonds. The Labute approximate surface area is 137 Å². The highest BCUT2D eigenvalue weighted by atomic mass is 32.2. The number of morpholine rings is 1. The molecule has 23 heavy (non-hydrogen) atoms. The Morgan fingerprint density at radius 2 is 1.83 bits per heavy atom. The highest BCUT2D eigenvalue weighted by molar-refractivity contribution is 7.92. The van der Waals surface area contributed by atoms with E-state index in [9.17, 15) is 13.2 Å². The molecule has 5 nitrogen and oxygen atoms in total. The van der Waals surface area contributed by atoms with Gasteiger partial charge in [-0.05, 0) is 29.5 Å². The zero-order valence-electron chi connectivity index (χ0n) is 13.0. The van der Waals surface area contributed by atoms with E-state index in [2.05, 4.69) is 0 Å². The summed E-state index contributed by atoms with van der Waals surface area (Å²) in [6, 6.07) is 7.79. The van der Waals surface area contributed by atoms with Crippen LogP contribution in [-0.4, -0.2) is 44.8 Å². The predicted molar refractivity (Wildman–Crippen MR) is 88.4 cm³/mol. The molecule has 0 radical (unpaired) electrons. The maximum absolute atomic E-state index is 12.2. The molecule has 3 rings (SSSR count). The molecule has 2 aliphatic rings. The van der Waals surface area contributed by atoms with Crippen molar-refractivity contribution in [2.24, 2.45) is 0 Å². The van der Waals surface area contributed by atoms with Gasteiger partial charge in [-0.15, -0.1) is 0 Å². The number of sulfonamides is 1. The first-order valence-electron chi connectivity index (χ1n) is 7.92. The van der Waals surface area contributed by atoms with Crippen LogP contribution in [0.5, 0.6) is 0 Å². The van der Waals surface area contributed by atoms with Crippen molar-refractivity contribution in [2.45, 2.75) is 25.2 Å². The van der Waals surface area contributed by atoms with Crippen LogP contribution in [0, 0.1) is 0 Å². The first-order chi connectivity index (χ1) is 11.0. The van der Waals surface area contributed by atoms with Gasteiger partial charge in [-0.2, -0.15) is 4.31 Å². The SMILES string of the molecule is O=C1CC[C@@H](c2ccc(C=CS(=O)(=O)N3CCOCC3)cc2)C1. The summed E-state index contributed by atoms with van der Waals surface area (Å²) in [5, 5.41) is 1.26. The lowest BCUT2D eigenvalue weighted by Crippen LogP contribution is -2.39. The molecule has 0 N–H and O–H groups in total. The van der Waals surface area contributed by atoms with E-state index in [0.717, 1.165) is 17.5 Å². The summed E-state index contributed by atoms with van der Waals surface area (Å²) in [7, 11) is -3.39. The first kappa shape index (κ1) is 16.4. The third-order valence-corrected chi connectivity index (χ3v) is 5.98. The number of ether oxygens (including phenoxy) is 1. The van der Waals surface area contributed by atoms with Gasteiger partial charge in [0, 0.05) is 31.3 Å². The van der Waals surface area contributed by atoms with Gasteiger partial charge in [0.2, 0.25) is 10.0 Å². The van der Waals surface area contributed by atoms with Crippen molar-refractivity contribution in [1.82, 2.24) is 4.31 Å². The number of carbonyl (C=O) groups is 1. The van der Waals surface area contributed by atoms with Crippen LogP contribution in [0.25, 0.3) is 6.08 Å². The summed E-state index contributed by atoms with van der Waals surface area (Å²) < 4.78 is 31.0. The minimum Gasteiger partial charge on any atom is -0.379 e. The maximum Gasteiger partial charge on any atom is 0.236 e. The average Bonchev–Trinajstić information content (AvgIpc) is 3.01. The predicted octanol–water partition coefficient (Wildman–Crippen LogP) is 2.16. The standard InChI is InChI=1S/C17H21NO4S/c19-17-6-5-16(13-17)15-3-1-14(2-4-15)7-12-23(20,21)18-8-10-22-11-9-18/h1-4,7,12,16H,5-6,8-11,13H2/t16-/m1/s1. The molecule has 6 heteroatoms. The molecule has 1 aromatic rings. The molecule has 124 valence electrons. The molecule has 2 fully saturated rings. The number of hydrogen-bond acceptors (Lipinski definition) is 4. The second-order valence-corrected chi connectivity index (χ2v) is 7.82. The highest BCUT2D eigenvalue weighted by Gasteiger charge is 2.23. The Morgan fingerprint density at radius 3 is 2.43 bits per heavy atom. The Balaban J connectivity index is 1.66. The maximum atomic E-state index is 12.2. The van der Waals surface area contributed by atoms with Crippen molar-refractivity contribution < 1.29 is 17.9 Å². The molecule has 1 saturated carbocycles. The summed E-state index contributed by atoms with van der Waals surface area (Å²) in [6.07, 6.45) is 3.83. The number of carbonyl (C=O) groups excluding carboxylic acids is 1. The van der Waals surface area contributed by atoms with Crippen molar-refractivity contribution >= 4 is 21.9 Å². The molecule has 1 aromatic carbocycles. The third kappa shape index (κ3) is 4.07. The summed E-state index contributed by atoms with van der Waals surface area (Å²) >= 11 is 0. The quantitative estimate of drug-likeness (QED) is 0.846. The van der Waals surface area contributed by atoms with Gasteiger partial charge in [0.05, 0.1) is 13.2 Å². The zero-order chi connectivity index (χ0) is 16.3. The van der Waals surface area contributed by atoms with Gasteiger partial charge < -0.3 is 4.74 Å². The van der Waals surface area contributed by atoms with E-state index in [1.807, 2.05) is 24.3 Å². The van der Waals surface area contributed by atoms with Gasteiger partial charge in [0.1, 0.15) is 5.78 Å². The molecule has 1 saturated heterocycles. The summed E-state index contributed by atoms with van der Waals surface area (Å²) in [5.41, 5.74) is 2.00. The fourth-order valence-corrected chi connectivity index (χ4v) is 4.19. The topological polar surface area (TPSA) is 63.7 Å². The van der Waals surface area contributed by atoms with Gasteiger partial charge in [-0.1, -0.05) is 24.3 Å². The number of rotatable bonds is 4. The molecular formula is C17H21NO4S. The van der Waals surface area contributed by atoms with E-state index >= 15 is 0 Å². The van der Waals surface area contributed by atoms with E-state index < -0.39 is 10.0 Å². The van der Waals surface area contributed by atoms with Crippen molar-refractivity contribution in [2.75, 3.05) is 26.3 Å². The van der Waals surface area contributed by atoms with Crippen molar-refractivity contribution in [3.05, 3.63) is 40.8 Å². The second kappa shape index (κ2) is 6.95. The fraction of sp³-hybridized carbons (Fsp3) is 0.471. The van der Waals surface area contributed by atoms with Crippen LogP contribution in [0.15, 0.2) is 29.7 Å². The van der Waals surface area contributed by atoms with Crippen LogP contribution in [0.2, 0.25) is 0 Å². The van der Waals surface area contributed by atoms with Crippen LogP contribution in [0.4, 0.5) is 0 Å². The molecule has 1 aliphatic heterocycles. The lowest BCUT2D eigenvalue weighted by molar-refractivity contribution is -0.117. The molecule has 0 bridgehead atoms. The lowest BCUT2D eigenvalue weighted by atomic mass is 9.97. The Bertz CT molecular complexity index is 688. The Morgan fingerprint density at radius 1 is 1.13 bits per heavy atom. The largest absolute Gasteiger partial charge is 0.379 e. The molecular weight excluding hydrogens is 314 g/mol. The molecule has 1 aliphatic carbocycles. The van der Waals surface area contributed by atoms with Crippen LogP contribution in [-0.2, 0) is 19.6 Å².